The van der Waals surface area contributed by atoms with Crippen LogP contribution in [0, 0.1) is 0 Å². The maximum atomic E-state index is 12.5. The van der Waals surface area contributed by atoms with Crippen LogP contribution < -0.4 is 5.32 Å². The molecule has 2 heterocycles. The minimum atomic E-state index is -0.0145. The Morgan fingerprint density at radius 1 is 1.14 bits per heavy atom. The van der Waals surface area contributed by atoms with E-state index in [1.807, 2.05) is 29.2 Å². The van der Waals surface area contributed by atoms with Crippen LogP contribution in [0.4, 0.5) is 11.5 Å². The van der Waals surface area contributed by atoms with Gasteiger partial charge in [-0.1, -0.05) is 22.0 Å². The lowest BCUT2D eigenvalue weighted by Gasteiger charge is -2.26. The molecule has 1 fully saturated rings. The zero-order valence-corrected chi connectivity index (χ0v) is 13.7. The first-order valence-electron chi connectivity index (χ1n) is 7.36. The highest BCUT2D eigenvalue weighted by atomic mass is 79.9. The number of amides is 1. The van der Waals surface area contributed by atoms with E-state index >= 15 is 0 Å². The van der Waals surface area contributed by atoms with E-state index < -0.39 is 0 Å². The van der Waals surface area contributed by atoms with Crippen molar-refractivity contribution in [2.24, 2.45) is 0 Å². The summed E-state index contributed by atoms with van der Waals surface area (Å²) in [6.07, 6.45) is 4.76. The topological polar surface area (TPSA) is 58.1 Å². The first-order valence-corrected chi connectivity index (χ1v) is 8.15. The highest BCUT2D eigenvalue weighted by Gasteiger charge is 2.19. The predicted octanol–water partition coefficient (Wildman–Crippen LogP) is 3.61. The van der Waals surface area contributed by atoms with Crippen LogP contribution in [0.5, 0.6) is 0 Å². The van der Waals surface area contributed by atoms with Gasteiger partial charge in [0.1, 0.15) is 17.8 Å². The molecule has 0 radical (unpaired) electrons. The average Bonchev–Trinajstić information content (AvgIpc) is 2.55. The molecule has 1 aromatic heterocycles. The van der Waals surface area contributed by atoms with Gasteiger partial charge in [0.2, 0.25) is 0 Å². The largest absolute Gasteiger partial charge is 0.340 e. The lowest BCUT2D eigenvalue weighted by atomic mass is 10.1. The van der Waals surface area contributed by atoms with Crippen molar-refractivity contribution in [3.05, 3.63) is 46.8 Å². The van der Waals surface area contributed by atoms with Gasteiger partial charge in [0, 0.05) is 29.3 Å². The summed E-state index contributed by atoms with van der Waals surface area (Å²) in [5.74, 6) is 0.604. The highest BCUT2D eigenvalue weighted by Crippen LogP contribution is 2.20. The quantitative estimate of drug-likeness (QED) is 0.908. The third-order valence-corrected chi connectivity index (χ3v) is 4.12. The Bertz CT molecular complexity index is 671. The minimum Gasteiger partial charge on any atom is -0.340 e. The first kappa shape index (κ1) is 15.0. The number of likely N-dealkylation sites (tertiary alicyclic amines) is 1. The number of carbonyl (C=O) groups is 1. The van der Waals surface area contributed by atoms with E-state index in [0.717, 1.165) is 36.1 Å². The third kappa shape index (κ3) is 3.62. The third-order valence-electron chi connectivity index (χ3n) is 3.63. The van der Waals surface area contributed by atoms with Crippen molar-refractivity contribution in [2.45, 2.75) is 19.3 Å². The van der Waals surface area contributed by atoms with Gasteiger partial charge in [-0.3, -0.25) is 4.79 Å². The fourth-order valence-corrected chi connectivity index (χ4v) is 2.91. The lowest BCUT2D eigenvalue weighted by molar-refractivity contribution is 0.0718. The highest BCUT2D eigenvalue weighted by molar-refractivity contribution is 9.10. The molecule has 0 atom stereocenters. The minimum absolute atomic E-state index is 0.0145. The molecular formula is C16H17BrN4O. The van der Waals surface area contributed by atoms with Gasteiger partial charge in [-0.2, -0.15) is 0 Å². The molecule has 1 amide bonds. The summed E-state index contributed by atoms with van der Waals surface area (Å²) in [5.41, 5.74) is 1.35. The number of halogens is 1. The van der Waals surface area contributed by atoms with Crippen LogP contribution in [0.2, 0.25) is 0 Å². The fourth-order valence-electron chi connectivity index (χ4n) is 2.52. The summed E-state index contributed by atoms with van der Waals surface area (Å²) in [6, 6.07) is 9.49. The second kappa shape index (κ2) is 6.87. The molecule has 114 valence electrons. The van der Waals surface area contributed by atoms with Gasteiger partial charge in [0.25, 0.3) is 5.91 Å². The number of hydrogen-bond donors (Lipinski definition) is 1. The van der Waals surface area contributed by atoms with Crippen molar-refractivity contribution >= 4 is 33.3 Å². The van der Waals surface area contributed by atoms with Gasteiger partial charge in [0.15, 0.2) is 0 Å². The Morgan fingerprint density at radius 3 is 2.73 bits per heavy atom. The van der Waals surface area contributed by atoms with Crippen LogP contribution in [0.15, 0.2) is 41.1 Å². The number of rotatable bonds is 3. The standard InChI is InChI=1S/C16H17BrN4O/c17-12-5-4-6-13(9-12)20-15-10-14(18-11-19-15)16(22)21-7-2-1-3-8-21/h4-6,9-11H,1-3,7-8H2,(H,18,19,20). The normalized spacial score (nSPS) is 14.7. The fraction of sp³-hybridized carbons (Fsp3) is 0.312. The second-order valence-corrected chi connectivity index (χ2v) is 6.19. The molecule has 22 heavy (non-hydrogen) atoms. The number of nitrogens with zero attached hydrogens (tertiary/aromatic N) is 3. The first-order chi connectivity index (χ1) is 10.7. The van der Waals surface area contributed by atoms with Gasteiger partial charge >= 0.3 is 0 Å². The SMILES string of the molecule is O=C(c1cc(Nc2cccc(Br)c2)ncn1)N1CCCCC1. The van der Waals surface area contributed by atoms with Crippen LogP contribution in [0.1, 0.15) is 29.8 Å². The van der Waals surface area contributed by atoms with Crippen LogP contribution >= 0.6 is 15.9 Å². The van der Waals surface area contributed by atoms with Crippen LogP contribution in [0.3, 0.4) is 0 Å². The van der Waals surface area contributed by atoms with Crippen molar-refractivity contribution in [1.82, 2.24) is 14.9 Å². The maximum absolute atomic E-state index is 12.5. The predicted molar refractivity (Wildman–Crippen MR) is 89.2 cm³/mol. The Hall–Kier alpha value is -1.95. The zero-order chi connectivity index (χ0) is 15.4. The number of nitrogens with one attached hydrogen (secondary N) is 1. The molecule has 1 aliphatic rings. The van der Waals surface area contributed by atoms with Crippen LogP contribution in [-0.2, 0) is 0 Å². The van der Waals surface area contributed by atoms with Crippen molar-refractivity contribution < 1.29 is 4.79 Å². The molecule has 3 rings (SSSR count). The molecule has 1 saturated heterocycles. The molecule has 0 bridgehead atoms. The molecule has 0 unspecified atom stereocenters. The van der Waals surface area contributed by atoms with Crippen molar-refractivity contribution in [3.63, 3.8) is 0 Å². The maximum Gasteiger partial charge on any atom is 0.272 e. The number of aromatic nitrogens is 2. The van der Waals surface area contributed by atoms with Gasteiger partial charge in [-0.05, 0) is 37.5 Å². The molecule has 6 heteroatoms. The number of hydrogen-bond acceptors (Lipinski definition) is 4. The van der Waals surface area contributed by atoms with E-state index in [1.165, 1.54) is 12.7 Å². The second-order valence-electron chi connectivity index (χ2n) is 5.28. The van der Waals surface area contributed by atoms with Gasteiger partial charge in [-0.15, -0.1) is 0 Å². The number of anilines is 2. The van der Waals surface area contributed by atoms with E-state index in [9.17, 15) is 4.79 Å². The number of piperidine rings is 1. The number of benzene rings is 1. The van der Waals surface area contributed by atoms with Crippen LogP contribution in [-0.4, -0.2) is 33.9 Å². The molecule has 1 aromatic carbocycles. The Kier molecular flexibility index (Phi) is 4.68. The summed E-state index contributed by atoms with van der Waals surface area (Å²) < 4.78 is 0.983. The molecule has 0 spiro atoms. The van der Waals surface area contributed by atoms with E-state index in [1.54, 1.807) is 6.07 Å². The van der Waals surface area contributed by atoms with E-state index in [4.69, 9.17) is 0 Å². The van der Waals surface area contributed by atoms with Crippen molar-refractivity contribution in [3.8, 4) is 0 Å². The van der Waals surface area contributed by atoms with Gasteiger partial charge in [-0.25, -0.2) is 9.97 Å². The Balaban J connectivity index is 1.75. The van der Waals surface area contributed by atoms with E-state index in [0.29, 0.717) is 11.5 Å². The average molecular weight is 361 g/mol. The molecule has 0 saturated carbocycles. The van der Waals surface area contributed by atoms with E-state index in [2.05, 4.69) is 31.2 Å². The molecule has 2 aromatic rings. The smallest absolute Gasteiger partial charge is 0.272 e. The molecular weight excluding hydrogens is 344 g/mol. The lowest BCUT2D eigenvalue weighted by Crippen LogP contribution is -2.36. The van der Waals surface area contributed by atoms with Gasteiger partial charge in [0.05, 0.1) is 0 Å². The molecule has 5 nitrogen and oxygen atoms in total. The summed E-state index contributed by atoms with van der Waals surface area (Å²) in [4.78, 5) is 22.6. The Morgan fingerprint density at radius 2 is 1.95 bits per heavy atom. The van der Waals surface area contributed by atoms with Crippen molar-refractivity contribution in [1.29, 1.82) is 0 Å². The summed E-state index contributed by atoms with van der Waals surface area (Å²) in [6.45, 7) is 1.63. The van der Waals surface area contributed by atoms with E-state index in [-0.39, 0.29) is 5.91 Å². The summed E-state index contributed by atoms with van der Waals surface area (Å²) in [5, 5.41) is 3.19. The van der Waals surface area contributed by atoms with Crippen LogP contribution in [0.25, 0.3) is 0 Å². The zero-order valence-electron chi connectivity index (χ0n) is 12.1. The van der Waals surface area contributed by atoms with Crippen molar-refractivity contribution in [2.75, 3.05) is 18.4 Å². The Labute approximate surface area is 137 Å². The molecule has 1 N–H and O–H groups in total. The summed E-state index contributed by atoms with van der Waals surface area (Å²) >= 11 is 3.43. The number of carbonyl (C=O) groups excluding carboxylic acids is 1. The van der Waals surface area contributed by atoms with Gasteiger partial charge < -0.3 is 10.2 Å². The summed E-state index contributed by atoms with van der Waals surface area (Å²) in [7, 11) is 0. The monoisotopic (exact) mass is 360 g/mol. The molecule has 0 aliphatic carbocycles. The molecule has 1 aliphatic heterocycles.